The van der Waals surface area contributed by atoms with Crippen molar-refractivity contribution < 1.29 is 18.8 Å². The third-order valence-corrected chi connectivity index (χ3v) is 5.54. The van der Waals surface area contributed by atoms with Crippen LogP contribution in [0.2, 0.25) is 0 Å². The largest absolute Gasteiger partial charge is 0.486 e. The molecule has 1 aliphatic rings. The number of fused-ring (bicyclic) bond motifs is 1. The fourth-order valence-corrected chi connectivity index (χ4v) is 3.90. The molecule has 1 aromatic carbocycles. The number of carbonyl (C=O) groups is 2. The van der Waals surface area contributed by atoms with Crippen LogP contribution in [0.15, 0.2) is 46.3 Å². The summed E-state index contributed by atoms with van der Waals surface area (Å²) in [6.45, 7) is 2.98. The van der Waals surface area contributed by atoms with Gasteiger partial charge in [-0.1, -0.05) is 5.16 Å². The first-order valence-electron chi connectivity index (χ1n) is 8.64. The van der Waals surface area contributed by atoms with Crippen LogP contribution in [0.5, 0.6) is 5.75 Å². The van der Waals surface area contributed by atoms with Crippen molar-refractivity contribution in [3.05, 3.63) is 69.2 Å². The summed E-state index contributed by atoms with van der Waals surface area (Å²) >= 11 is 1.74. The molecule has 4 rings (SSSR count). The van der Waals surface area contributed by atoms with E-state index >= 15 is 0 Å². The highest BCUT2D eigenvalue weighted by atomic mass is 32.1. The van der Waals surface area contributed by atoms with Crippen LogP contribution in [-0.2, 0) is 19.6 Å². The number of ether oxygens (including phenoxy) is 1. The lowest BCUT2D eigenvalue weighted by atomic mass is 10.1. The number of Topliss-reactive ketones (excluding diaryl/α,β-unsaturated/α-hetero) is 1. The zero-order valence-electron chi connectivity index (χ0n) is 14.8. The van der Waals surface area contributed by atoms with Crippen LogP contribution in [-0.4, -0.2) is 28.3 Å². The van der Waals surface area contributed by atoms with E-state index in [-0.39, 0.29) is 18.3 Å². The second-order valence-corrected chi connectivity index (χ2v) is 7.39. The minimum Gasteiger partial charge on any atom is -0.486 e. The van der Waals surface area contributed by atoms with Crippen molar-refractivity contribution in [2.45, 2.75) is 26.5 Å². The van der Waals surface area contributed by atoms with E-state index < -0.39 is 0 Å². The Morgan fingerprint density at radius 1 is 1.26 bits per heavy atom. The van der Waals surface area contributed by atoms with Gasteiger partial charge in [-0.25, -0.2) is 0 Å². The number of thiophene rings is 1. The maximum Gasteiger partial charge on any atom is 0.276 e. The van der Waals surface area contributed by atoms with Crippen molar-refractivity contribution in [2.24, 2.45) is 0 Å². The van der Waals surface area contributed by atoms with E-state index in [1.54, 1.807) is 46.6 Å². The monoisotopic (exact) mass is 382 g/mol. The third-order valence-electron chi connectivity index (χ3n) is 4.51. The Balaban J connectivity index is 1.37. The van der Waals surface area contributed by atoms with Gasteiger partial charge in [-0.15, -0.1) is 11.3 Å². The first-order valence-corrected chi connectivity index (χ1v) is 9.52. The first-order chi connectivity index (χ1) is 13.1. The van der Waals surface area contributed by atoms with Gasteiger partial charge in [0.15, 0.2) is 17.2 Å². The molecule has 3 heterocycles. The number of rotatable bonds is 5. The standard InChI is InChI=1S/C20H18N2O4S/c1-13(23)14-2-4-16(5-3-14)25-12-17-10-18(21-26-17)20(24)22-8-6-19-15(11-22)7-9-27-19/h2-5,7,9-10H,6,8,11-12H2,1H3. The molecule has 1 aliphatic heterocycles. The number of aromatic nitrogens is 1. The maximum absolute atomic E-state index is 12.7. The molecule has 0 saturated carbocycles. The van der Waals surface area contributed by atoms with Gasteiger partial charge in [0, 0.05) is 29.6 Å². The quantitative estimate of drug-likeness (QED) is 0.629. The lowest BCUT2D eigenvalue weighted by molar-refractivity contribution is 0.0725. The summed E-state index contributed by atoms with van der Waals surface area (Å²) in [5, 5.41) is 5.96. The van der Waals surface area contributed by atoms with Crippen LogP contribution < -0.4 is 4.74 Å². The minimum atomic E-state index is -0.132. The summed E-state index contributed by atoms with van der Waals surface area (Å²) in [6, 6.07) is 10.6. The van der Waals surface area contributed by atoms with Crippen molar-refractivity contribution in [1.82, 2.24) is 10.1 Å². The lowest BCUT2D eigenvalue weighted by Crippen LogP contribution is -2.35. The summed E-state index contributed by atoms with van der Waals surface area (Å²) in [4.78, 5) is 27.1. The molecule has 0 unspecified atom stereocenters. The summed E-state index contributed by atoms with van der Waals surface area (Å²) < 4.78 is 10.9. The number of ketones is 1. The average Bonchev–Trinajstić information content (AvgIpc) is 3.34. The van der Waals surface area contributed by atoms with Crippen LogP contribution in [0, 0.1) is 0 Å². The molecule has 1 amide bonds. The van der Waals surface area contributed by atoms with E-state index in [2.05, 4.69) is 16.6 Å². The zero-order chi connectivity index (χ0) is 18.8. The van der Waals surface area contributed by atoms with E-state index in [0.717, 1.165) is 6.42 Å². The van der Waals surface area contributed by atoms with Crippen LogP contribution in [0.25, 0.3) is 0 Å². The highest BCUT2D eigenvalue weighted by Gasteiger charge is 2.25. The SMILES string of the molecule is CC(=O)c1ccc(OCc2cc(C(=O)N3CCc4sccc4C3)no2)cc1. The van der Waals surface area contributed by atoms with E-state index in [1.165, 1.54) is 17.4 Å². The molecule has 27 heavy (non-hydrogen) atoms. The third kappa shape index (κ3) is 3.78. The van der Waals surface area contributed by atoms with Crippen LogP contribution >= 0.6 is 11.3 Å². The molecule has 7 heteroatoms. The fourth-order valence-electron chi connectivity index (χ4n) is 3.01. The normalized spacial score (nSPS) is 13.3. The molecule has 3 aromatic rings. The molecule has 6 nitrogen and oxygen atoms in total. The number of hydrogen-bond acceptors (Lipinski definition) is 6. The van der Waals surface area contributed by atoms with Crippen LogP contribution in [0.3, 0.4) is 0 Å². The van der Waals surface area contributed by atoms with Crippen LogP contribution in [0.4, 0.5) is 0 Å². The molecule has 0 bridgehead atoms. The van der Waals surface area contributed by atoms with E-state index in [1.807, 2.05) is 0 Å². The van der Waals surface area contributed by atoms with Gasteiger partial charge in [-0.3, -0.25) is 9.59 Å². The Kier molecular flexibility index (Phi) is 4.77. The molecule has 0 atom stereocenters. The summed E-state index contributed by atoms with van der Waals surface area (Å²) in [5.41, 5.74) is 2.13. The van der Waals surface area contributed by atoms with E-state index in [9.17, 15) is 9.59 Å². The zero-order valence-corrected chi connectivity index (χ0v) is 15.6. The number of benzene rings is 1. The Morgan fingerprint density at radius 2 is 2.07 bits per heavy atom. The topological polar surface area (TPSA) is 72.6 Å². The van der Waals surface area contributed by atoms with Gasteiger partial charge < -0.3 is 14.2 Å². The summed E-state index contributed by atoms with van der Waals surface area (Å²) in [5.74, 6) is 0.965. The smallest absolute Gasteiger partial charge is 0.276 e. The molecule has 0 fully saturated rings. The number of nitrogens with zero attached hydrogens (tertiary/aromatic N) is 2. The lowest BCUT2D eigenvalue weighted by Gasteiger charge is -2.26. The minimum absolute atomic E-state index is 0.00669. The van der Waals surface area contributed by atoms with Crippen molar-refractivity contribution in [2.75, 3.05) is 6.54 Å². The number of hydrogen-bond donors (Lipinski definition) is 0. The van der Waals surface area contributed by atoms with Crippen molar-refractivity contribution in [1.29, 1.82) is 0 Å². The Morgan fingerprint density at radius 3 is 2.85 bits per heavy atom. The summed E-state index contributed by atoms with van der Waals surface area (Å²) in [6.07, 6.45) is 0.878. The fraction of sp³-hybridized carbons (Fsp3) is 0.250. The Hall–Kier alpha value is -2.93. The van der Waals surface area contributed by atoms with E-state index in [4.69, 9.17) is 9.26 Å². The number of carbonyl (C=O) groups excluding carboxylic acids is 2. The maximum atomic E-state index is 12.7. The molecule has 0 aliphatic carbocycles. The average molecular weight is 382 g/mol. The van der Waals surface area contributed by atoms with Crippen molar-refractivity contribution in [3.63, 3.8) is 0 Å². The molecule has 138 valence electrons. The highest BCUT2D eigenvalue weighted by Crippen LogP contribution is 2.25. The predicted molar refractivity (Wildman–Crippen MR) is 100 cm³/mol. The van der Waals surface area contributed by atoms with Crippen molar-refractivity contribution >= 4 is 23.0 Å². The molecule has 2 aromatic heterocycles. The van der Waals surface area contributed by atoms with Crippen molar-refractivity contribution in [3.8, 4) is 5.75 Å². The first kappa shape index (κ1) is 17.5. The highest BCUT2D eigenvalue weighted by molar-refractivity contribution is 7.10. The Bertz CT molecular complexity index is 974. The van der Waals surface area contributed by atoms with Crippen LogP contribution in [0.1, 0.15) is 44.0 Å². The molecular weight excluding hydrogens is 364 g/mol. The van der Waals surface area contributed by atoms with Gasteiger partial charge in [0.25, 0.3) is 5.91 Å². The molecule has 0 N–H and O–H groups in total. The molecule has 0 spiro atoms. The van der Waals surface area contributed by atoms with Gasteiger partial charge >= 0.3 is 0 Å². The molecule has 0 saturated heterocycles. The predicted octanol–water partition coefficient (Wildman–Crippen LogP) is 3.72. The number of amides is 1. The van der Waals surface area contributed by atoms with Gasteiger partial charge in [-0.05, 0) is 54.6 Å². The van der Waals surface area contributed by atoms with Gasteiger partial charge in [0.05, 0.1) is 0 Å². The summed E-state index contributed by atoms with van der Waals surface area (Å²) in [7, 11) is 0. The second kappa shape index (κ2) is 7.36. The molecular formula is C20H18N2O4S. The van der Waals surface area contributed by atoms with E-state index in [0.29, 0.717) is 35.9 Å². The second-order valence-electron chi connectivity index (χ2n) is 6.39. The van der Waals surface area contributed by atoms with Gasteiger partial charge in [-0.2, -0.15) is 0 Å². The van der Waals surface area contributed by atoms with Gasteiger partial charge in [0.1, 0.15) is 12.4 Å². The molecule has 0 radical (unpaired) electrons. The van der Waals surface area contributed by atoms with Gasteiger partial charge in [0.2, 0.25) is 0 Å². The Labute approximate surface area is 160 Å².